The first-order chi connectivity index (χ1) is 7.74. The average Bonchev–Trinajstić information content (AvgIpc) is 2.64. The predicted molar refractivity (Wildman–Crippen MR) is 54.1 cm³/mol. The molecule has 0 unspecified atom stereocenters. The molecule has 0 aliphatic heterocycles. The van der Waals surface area contributed by atoms with Crippen molar-refractivity contribution in [1.82, 2.24) is 20.2 Å². The molecule has 0 atom stereocenters. The van der Waals surface area contributed by atoms with Gasteiger partial charge in [-0.1, -0.05) is 11.8 Å². The van der Waals surface area contributed by atoms with Crippen LogP contribution in [0.5, 0.6) is 0 Å². The minimum atomic E-state index is -0.995. The van der Waals surface area contributed by atoms with Gasteiger partial charge in [0.05, 0.1) is 19.8 Å². The van der Waals surface area contributed by atoms with Crippen LogP contribution in [0.15, 0.2) is 5.16 Å². The Bertz CT molecular complexity index is 332. The fraction of sp³-hybridized carbons (Fsp3) is 0.714. The molecule has 0 bridgehead atoms. The molecular weight excluding hydrogens is 236 g/mol. The van der Waals surface area contributed by atoms with Crippen LogP contribution in [-0.2, 0) is 16.1 Å². The van der Waals surface area contributed by atoms with Crippen molar-refractivity contribution in [2.24, 2.45) is 0 Å². The molecule has 1 aromatic rings. The second-order valence-electron chi connectivity index (χ2n) is 2.70. The van der Waals surface area contributed by atoms with Crippen LogP contribution >= 0.6 is 11.8 Å². The number of thioether (sulfide) groups is 1. The van der Waals surface area contributed by atoms with E-state index in [1.165, 1.54) is 16.4 Å². The van der Waals surface area contributed by atoms with Crippen LogP contribution in [0.1, 0.15) is 0 Å². The first-order valence-corrected chi connectivity index (χ1v) is 5.52. The van der Waals surface area contributed by atoms with Gasteiger partial charge in [0, 0.05) is 5.75 Å². The summed E-state index contributed by atoms with van der Waals surface area (Å²) in [6.45, 7) is 0.472. The van der Waals surface area contributed by atoms with Crippen molar-refractivity contribution in [2.45, 2.75) is 11.7 Å². The molecule has 0 fully saturated rings. The summed E-state index contributed by atoms with van der Waals surface area (Å²) < 4.78 is 6.24. The second kappa shape index (κ2) is 7.14. The zero-order chi connectivity index (χ0) is 11.8. The Balaban J connectivity index is 2.30. The van der Waals surface area contributed by atoms with E-state index in [4.69, 9.17) is 14.9 Å². The normalized spacial score (nSPS) is 10.6. The molecule has 1 rings (SSSR count). The number of hydrogen-bond donors (Lipinski definition) is 2. The lowest BCUT2D eigenvalue weighted by Gasteiger charge is -2.02. The molecule has 0 radical (unpaired) electrons. The highest BCUT2D eigenvalue weighted by Crippen LogP contribution is 2.12. The van der Waals surface area contributed by atoms with E-state index in [2.05, 4.69) is 15.5 Å². The molecular formula is C7H12N4O4S. The highest BCUT2D eigenvalue weighted by Gasteiger charge is 2.09. The third-order valence-electron chi connectivity index (χ3n) is 1.48. The van der Waals surface area contributed by atoms with Gasteiger partial charge in [-0.05, 0) is 10.4 Å². The summed E-state index contributed by atoms with van der Waals surface area (Å²) in [7, 11) is 0. The summed E-state index contributed by atoms with van der Waals surface area (Å²) in [6, 6.07) is 0. The van der Waals surface area contributed by atoms with Gasteiger partial charge >= 0.3 is 5.97 Å². The smallest absolute Gasteiger partial charge is 0.325 e. The lowest BCUT2D eigenvalue weighted by Crippen LogP contribution is -2.12. The van der Waals surface area contributed by atoms with Gasteiger partial charge in [-0.25, -0.2) is 4.68 Å². The number of rotatable bonds is 8. The molecule has 9 heteroatoms. The van der Waals surface area contributed by atoms with E-state index in [0.717, 1.165) is 0 Å². The summed E-state index contributed by atoms with van der Waals surface area (Å²) in [6.07, 6.45) is 0. The fourth-order valence-electron chi connectivity index (χ4n) is 0.886. The number of aliphatic hydroxyl groups is 1. The highest BCUT2D eigenvalue weighted by atomic mass is 32.2. The standard InChI is InChI=1S/C7H12N4O4S/c12-1-2-15-3-4-16-7-8-9-10-11(7)5-6(13)14/h12H,1-5H2,(H,13,14). The van der Waals surface area contributed by atoms with Crippen molar-refractivity contribution < 1.29 is 19.7 Å². The van der Waals surface area contributed by atoms with Crippen molar-refractivity contribution in [3.8, 4) is 0 Å². The number of aromatic nitrogens is 4. The van der Waals surface area contributed by atoms with Crippen molar-refractivity contribution in [2.75, 3.05) is 25.6 Å². The monoisotopic (exact) mass is 248 g/mol. The maximum atomic E-state index is 10.5. The first-order valence-electron chi connectivity index (χ1n) is 4.53. The summed E-state index contributed by atoms with van der Waals surface area (Å²) >= 11 is 1.30. The molecule has 0 saturated carbocycles. The second-order valence-corrected chi connectivity index (χ2v) is 3.76. The van der Waals surface area contributed by atoms with Gasteiger partial charge in [0.1, 0.15) is 6.54 Å². The summed E-state index contributed by atoms with van der Waals surface area (Å²) in [5.41, 5.74) is 0. The average molecular weight is 248 g/mol. The minimum Gasteiger partial charge on any atom is -0.480 e. The molecule has 16 heavy (non-hydrogen) atoms. The van der Waals surface area contributed by atoms with Gasteiger partial charge in [-0.15, -0.1) is 5.10 Å². The molecule has 0 spiro atoms. The van der Waals surface area contributed by atoms with Gasteiger partial charge < -0.3 is 14.9 Å². The van der Waals surface area contributed by atoms with E-state index < -0.39 is 5.97 Å². The highest BCUT2D eigenvalue weighted by molar-refractivity contribution is 7.99. The summed E-state index contributed by atoms with van der Waals surface area (Å²) in [4.78, 5) is 10.5. The summed E-state index contributed by atoms with van der Waals surface area (Å²) in [5, 5.41) is 28.1. The number of carbonyl (C=O) groups is 1. The third-order valence-corrected chi connectivity index (χ3v) is 2.40. The molecule has 1 aromatic heterocycles. The number of carboxylic acid groups (broad SMARTS) is 1. The van der Waals surface area contributed by atoms with Gasteiger partial charge in [0.2, 0.25) is 5.16 Å². The number of hydrogen-bond acceptors (Lipinski definition) is 7. The predicted octanol–water partition coefficient (Wildman–Crippen LogP) is -1.14. The Morgan fingerprint density at radius 2 is 2.31 bits per heavy atom. The van der Waals surface area contributed by atoms with E-state index >= 15 is 0 Å². The van der Waals surface area contributed by atoms with E-state index in [-0.39, 0.29) is 13.2 Å². The first kappa shape index (κ1) is 12.9. The largest absolute Gasteiger partial charge is 0.480 e. The minimum absolute atomic E-state index is 0.0125. The van der Waals surface area contributed by atoms with Crippen LogP contribution in [0.3, 0.4) is 0 Å². The zero-order valence-corrected chi connectivity index (χ0v) is 9.26. The molecule has 90 valence electrons. The van der Waals surface area contributed by atoms with Crippen molar-refractivity contribution in [3.05, 3.63) is 0 Å². The van der Waals surface area contributed by atoms with E-state index in [9.17, 15) is 4.79 Å². The van der Waals surface area contributed by atoms with Crippen LogP contribution in [-0.4, -0.2) is 62.0 Å². The molecule has 0 saturated heterocycles. The van der Waals surface area contributed by atoms with Gasteiger partial charge in [0.15, 0.2) is 0 Å². The van der Waals surface area contributed by atoms with Crippen molar-refractivity contribution in [1.29, 1.82) is 0 Å². The SMILES string of the molecule is O=C(O)Cn1nnnc1SCCOCCO. The quantitative estimate of drug-likeness (QED) is 0.438. The zero-order valence-electron chi connectivity index (χ0n) is 8.44. The van der Waals surface area contributed by atoms with E-state index in [1.807, 2.05) is 0 Å². The molecule has 0 aliphatic carbocycles. The molecule has 1 heterocycles. The number of nitrogens with zero attached hydrogens (tertiary/aromatic N) is 4. The molecule has 0 aliphatic rings. The maximum absolute atomic E-state index is 10.5. The lowest BCUT2D eigenvalue weighted by molar-refractivity contribution is -0.138. The number of ether oxygens (including phenoxy) is 1. The molecule has 2 N–H and O–H groups in total. The lowest BCUT2D eigenvalue weighted by atomic mass is 10.7. The molecule has 8 nitrogen and oxygen atoms in total. The fourth-order valence-corrected chi connectivity index (χ4v) is 1.61. The molecule has 0 amide bonds. The molecule has 0 aromatic carbocycles. The van der Waals surface area contributed by atoms with Crippen LogP contribution < -0.4 is 0 Å². The van der Waals surface area contributed by atoms with Crippen LogP contribution in [0.2, 0.25) is 0 Å². The summed E-state index contributed by atoms with van der Waals surface area (Å²) in [5.74, 6) is -0.398. The number of aliphatic hydroxyl groups excluding tert-OH is 1. The Hall–Kier alpha value is -1.19. The van der Waals surface area contributed by atoms with Gasteiger partial charge in [-0.3, -0.25) is 4.79 Å². The number of aliphatic carboxylic acids is 1. The number of tetrazole rings is 1. The van der Waals surface area contributed by atoms with Gasteiger partial charge in [0.25, 0.3) is 0 Å². The van der Waals surface area contributed by atoms with E-state index in [0.29, 0.717) is 24.1 Å². The third kappa shape index (κ3) is 4.55. The van der Waals surface area contributed by atoms with Gasteiger partial charge in [-0.2, -0.15) is 0 Å². The topological polar surface area (TPSA) is 110 Å². The van der Waals surface area contributed by atoms with Crippen LogP contribution in [0.25, 0.3) is 0 Å². The maximum Gasteiger partial charge on any atom is 0.325 e. The van der Waals surface area contributed by atoms with Crippen molar-refractivity contribution in [3.63, 3.8) is 0 Å². The van der Waals surface area contributed by atoms with Crippen LogP contribution in [0.4, 0.5) is 0 Å². The Labute approximate surface area is 95.6 Å². The Morgan fingerprint density at radius 1 is 1.50 bits per heavy atom. The van der Waals surface area contributed by atoms with Crippen molar-refractivity contribution >= 4 is 17.7 Å². The Morgan fingerprint density at radius 3 is 3.00 bits per heavy atom. The Kier molecular flexibility index (Phi) is 5.75. The van der Waals surface area contributed by atoms with Crippen LogP contribution in [0, 0.1) is 0 Å². The number of carboxylic acids is 1. The van der Waals surface area contributed by atoms with E-state index in [1.54, 1.807) is 0 Å².